The first-order chi connectivity index (χ1) is 9.72. The summed E-state index contributed by atoms with van der Waals surface area (Å²) in [6, 6.07) is 4.40. The Morgan fingerprint density at radius 3 is 3.20 bits per heavy atom. The summed E-state index contributed by atoms with van der Waals surface area (Å²) in [7, 11) is 0. The maximum Gasteiger partial charge on any atom is 0.237 e. The summed E-state index contributed by atoms with van der Waals surface area (Å²) in [6.45, 7) is 1.44. The Morgan fingerprint density at radius 1 is 1.50 bits per heavy atom. The van der Waals surface area contributed by atoms with E-state index in [4.69, 9.17) is 0 Å². The number of amides is 1. The lowest BCUT2D eigenvalue weighted by molar-refractivity contribution is -0.122. The van der Waals surface area contributed by atoms with Crippen molar-refractivity contribution in [3.8, 4) is 0 Å². The maximum absolute atomic E-state index is 13.1. The van der Waals surface area contributed by atoms with Crippen LogP contribution in [0.5, 0.6) is 0 Å². The Morgan fingerprint density at radius 2 is 2.40 bits per heavy atom. The van der Waals surface area contributed by atoms with Crippen LogP contribution in [0, 0.1) is 5.82 Å². The average Bonchev–Trinajstić information content (AvgIpc) is 3.06. The van der Waals surface area contributed by atoms with E-state index in [9.17, 15) is 9.18 Å². The second-order valence-electron chi connectivity index (χ2n) is 5.03. The normalized spacial score (nSPS) is 18.6. The molecule has 1 aromatic heterocycles. The standard InChI is InChI=1S/C14H17FN4O/c15-9-3-4-10-12(8-9)19-13(18-10)5-7-17-14(20)11-2-1-6-16-11/h3-4,8,11,16H,1-2,5-7H2,(H,17,20)(H,18,19). The molecule has 2 aromatic rings. The highest BCUT2D eigenvalue weighted by Crippen LogP contribution is 2.13. The third-order valence-electron chi connectivity index (χ3n) is 3.53. The predicted octanol–water partition coefficient (Wildman–Crippen LogP) is 1.11. The van der Waals surface area contributed by atoms with Crippen LogP contribution in [0.15, 0.2) is 18.2 Å². The summed E-state index contributed by atoms with van der Waals surface area (Å²) in [4.78, 5) is 19.2. The van der Waals surface area contributed by atoms with E-state index >= 15 is 0 Å². The van der Waals surface area contributed by atoms with Gasteiger partial charge < -0.3 is 15.6 Å². The number of hydrogen-bond donors (Lipinski definition) is 3. The quantitative estimate of drug-likeness (QED) is 0.783. The third kappa shape index (κ3) is 2.80. The molecule has 3 rings (SSSR count). The highest BCUT2D eigenvalue weighted by molar-refractivity contribution is 5.82. The number of fused-ring (bicyclic) bond motifs is 1. The van der Waals surface area contributed by atoms with Crippen molar-refractivity contribution in [2.24, 2.45) is 0 Å². The first kappa shape index (κ1) is 13.1. The molecule has 6 heteroatoms. The first-order valence-corrected chi connectivity index (χ1v) is 6.87. The molecule has 5 nitrogen and oxygen atoms in total. The number of rotatable bonds is 4. The molecule has 0 aliphatic carbocycles. The highest BCUT2D eigenvalue weighted by Gasteiger charge is 2.21. The Balaban J connectivity index is 1.55. The van der Waals surface area contributed by atoms with Gasteiger partial charge in [0.15, 0.2) is 0 Å². The first-order valence-electron chi connectivity index (χ1n) is 6.87. The summed E-state index contributed by atoms with van der Waals surface area (Å²) in [6.07, 6.45) is 2.55. The Kier molecular flexibility index (Phi) is 3.64. The molecular formula is C14H17FN4O. The van der Waals surface area contributed by atoms with Crippen molar-refractivity contribution in [2.75, 3.05) is 13.1 Å². The molecule has 1 aromatic carbocycles. The fraction of sp³-hybridized carbons (Fsp3) is 0.429. The molecular weight excluding hydrogens is 259 g/mol. The molecule has 2 heterocycles. The number of aromatic nitrogens is 2. The van der Waals surface area contributed by atoms with Crippen molar-refractivity contribution < 1.29 is 9.18 Å². The zero-order chi connectivity index (χ0) is 13.9. The van der Waals surface area contributed by atoms with Gasteiger partial charge in [0.1, 0.15) is 11.6 Å². The van der Waals surface area contributed by atoms with E-state index in [0.29, 0.717) is 18.5 Å². The number of benzene rings is 1. The van der Waals surface area contributed by atoms with Crippen LogP contribution < -0.4 is 10.6 Å². The minimum absolute atomic E-state index is 0.0460. The van der Waals surface area contributed by atoms with Gasteiger partial charge in [-0.25, -0.2) is 9.37 Å². The van der Waals surface area contributed by atoms with Gasteiger partial charge in [-0.1, -0.05) is 0 Å². The number of imidazole rings is 1. The van der Waals surface area contributed by atoms with Crippen LogP contribution in [0.3, 0.4) is 0 Å². The average molecular weight is 276 g/mol. The molecule has 0 bridgehead atoms. The van der Waals surface area contributed by atoms with Crippen LogP contribution in [-0.4, -0.2) is 35.0 Å². The fourth-order valence-electron chi connectivity index (χ4n) is 2.49. The number of H-pyrrole nitrogens is 1. The lowest BCUT2D eigenvalue weighted by atomic mass is 10.2. The molecule has 1 aliphatic rings. The number of carbonyl (C=O) groups is 1. The number of carbonyl (C=O) groups excluding carboxylic acids is 1. The second kappa shape index (κ2) is 5.58. The molecule has 0 radical (unpaired) electrons. The molecule has 20 heavy (non-hydrogen) atoms. The largest absolute Gasteiger partial charge is 0.354 e. The van der Waals surface area contributed by atoms with E-state index in [2.05, 4.69) is 20.6 Å². The molecule has 1 unspecified atom stereocenters. The van der Waals surface area contributed by atoms with Gasteiger partial charge in [0.2, 0.25) is 5.91 Å². The van der Waals surface area contributed by atoms with Gasteiger partial charge in [-0.05, 0) is 37.6 Å². The zero-order valence-corrected chi connectivity index (χ0v) is 11.1. The highest BCUT2D eigenvalue weighted by atomic mass is 19.1. The van der Waals surface area contributed by atoms with Gasteiger partial charge in [0.05, 0.1) is 17.1 Å². The summed E-state index contributed by atoms with van der Waals surface area (Å²) >= 11 is 0. The van der Waals surface area contributed by atoms with E-state index in [1.54, 1.807) is 6.07 Å². The molecule has 106 valence electrons. The van der Waals surface area contributed by atoms with Gasteiger partial charge in [-0.2, -0.15) is 0 Å². The fourth-order valence-corrected chi connectivity index (χ4v) is 2.49. The number of nitrogens with zero attached hydrogens (tertiary/aromatic N) is 1. The van der Waals surface area contributed by atoms with Crippen LogP contribution in [-0.2, 0) is 11.2 Å². The summed E-state index contributed by atoms with van der Waals surface area (Å²) in [5.41, 5.74) is 1.42. The van der Waals surface area contributed by atoms with Crippen molar-refractivity contribution in [1.82, 2.24) is 20.6 Å². The van der Waals surface area contributed by atoms with E-state index in [1.807, 2.05) is 0 Å². The van der Waals surface area contributed by atoms with Gasteiger partial charge >= 0.3 is 0 Å². The number of hydrogen-bond acceptors (Lipinski definition) is 3. The number of aromatic amines is 1. The SMILES string of the molecule is O=C(NCCc1nc2ccc(F)cc2[nH]1)C1CCCN1. The van der Waals surface area contributed by atoms with Gasteiger partial charge in [0, 0.05) is 13.0 Å². The van der Waals surface area contributed by atoms with Crippen LogP contribution in [0.25, 0.3) is 11.0 Å². The number of nitrogens with one attached hydrogen (secondary N) is 3. The Bertz CT molecular complexity index is 619. The lowest BCUT2D eigenvalue weighted by Gasteiger charge is -2.10. The minimum Gasteiger partial charge on any atom is -0.354 e. The van der Waals surface area contributed by atoms with E-state index in [-0.39, 0.29) is 17.8 Å². The van der Waals surface area contributed by atoms with E-state index in [0.717, 1.165) is 30.7 Å². The molecule has 1 saturated heterocycles. The molecule has 1 atom stereocenters. The summed E-state index contributed by atoms with van der Waals surface area (Å²) in [5.74, 6) is 0.517. The lowest BCUT2D eigenvalue weighted by Crippen LogP contribution is -2.41. The third-order valence-corrected chi connectivity index (χ3v) is 3.53. The molecule has 1 amide bonds. The molecule has 0 spiro atoms. The summed E-state index contributed by atoms with van der Waals surface area (Å²) < 4.78 is 13.1. The molecule has 1 fully saturated rings. The van der Waals surface area contributed by atoms with Crippen molar-refractivity contribution in [3.05, 3.63) is 29.8 Å². The molecule has 3 N–H and O–H groups in total. The smallest absolute Gasteiger partial charge is 0.237 e. The topological polar surface area (TPSA) is 69.8 Å². The van der Waals surface area contributed by atoms with Crippen molar-refractivity contribution in [1.29, 1.82) is 0 Å². The van der Waals surface area contributed by atoms with Crippen LogP contribution in [0.2, 0.25) is 0 Å². The van der Waals surface area contributed by atoms with E-state index < -0.39 is 0 Å². The minimum atomic E-state index is -0.284. The van der Waals surface area contributed by atoms with E-state index in [1.165, 1.54) is 12.1 Å². The molecule has 1 aliphatic heterocycles. The van der Waals surface area contributed by atoms with Crippen LogP contribution in [0.4, 0.5) is 4.39 Å². The zero-order valence-electron chi connectivity index (χ0n) is 11.1. The second-order valence-corrected chi connectivity index (χ2v) is 5.03. The Labute approximate surface area is 116 Å². The monoisotopic (exact) mass is 276 g/mol. The van der Waals surface area contributed by atoms with Crippen LogP contribution in [0.1, 0.15) is 18.7 Å². The number of halogens is 1. The van der Waals surface area contributed by atoms with Gasteiger partial charge in [-0.15, -0.1) is 0 Å². The maximum atomic E-state index is 13.1. The predicted molar refractivity (Wildman–Crippen MR) is 73.8 cm³/mol. The Hall–Kier alpha value is -1.95. The van der Waals surface area contributed by atoms with Crippen LogP contribution >= 0.6 is 0 Å². The molecule has 0 saturated carbocycles. The van der Waals surface area contributed by atoms with Gasteiger partial charge in [-0.3, -0.25) is 4.79 Å². The van der Waals surface area contributed by atoms with Gasteiger partial charge in [0.25, 0.3) is 0 Å². The summed E-state index contributed by atoms with van der Waals surface area (Å²) in [5, 5.41) is 6.05. The van der Waals surface area contributed by atoms with Crippen molar-refractivity contribution in [2.45, 2.75) is 25.3 Å². The van der Waals surface area contributed by atoms with Crippen molar-refractivity contribution >= 4 is 16.9 Å². The van der Waals surface area contributed by atoms with Crippen molar-refractivity contribution in [3.63, 3.8) is 0 Å².